The number of rotatable bonds is 13. The topological polar surface area (TPSA) is 39.9 Å². The van der Waals surface area contributed by atoms with E-state index in [9.17, 15) is 5.11 Å². The van der Waals surface area contributed by atoms with Crippen LogP contribution in [0.4, 0.5) is 34.1 Å². The minimum Gasteiger partial charge on any atom is -0.505 e. The van der Waals surface area contributed by atoms with Crippen LogP contribution in [-0.4, -0.2) is 5.11 Å². The summed E-state index contributed by atoms with van der Waals surface area (Å²) in [5.74, 6) is 1.05. The summed E-state index contributed by atoms with van der Waals surface area (Å²) < 4.78 is 7.47. The second-order valence-electron chi connectivity index (χ2n) is 25.7. The zero-order valence-corrected chi connectivity index (χ0v) is 51.9. The van der Waals surface area contributed by atoms with E-state index in [2.05, 4.69) is 252 Å². The van der Waals surface area contributed by atoms with Crippen molar-refractivity contribution in [2.24, 2.45) is 0 Å². The summed E-state index contributed by atoms with van der Waals surface area (Å²) in [7, 11) is 0. The Kier molecular flexibility index (Phi) is 14.4. The fourth-order valence-corrected chi connectivity index (χ4v) is 16.0. The summed E-state index contributed by atoms with van der Waals surface area (Å²) in [5, 5.41) is 23.3. The average molecular weight is 1150 g/mol. The van der Waals surface area contributed by atoms with Crippen LogP contribution in [0.1, 0.15) is 134 Å². The van der Waals surface area contributed by atoms with E-state index >= 15 is 0 Å². The Hall–Kier alpha value is -9.12. The zero-order valence-electron chi connectivity index (χ0n) is 51.9. The molecule has 0 spiro atoms. The van der Waals surface area contributed by atoms with Gasteiger partial charge in [-0.15, -0.1) is 0 Å². The Labute approximate surface area is 519 Å². The standard InChI is InChI=1S/C84H78N2O2/c1-7-56-23-15-17-31-62(56)60-29-19-30-61(49-60)64-33-21-37-76(82(64)87)85(74-45-39-52(3)47-54(74)5)78-50-72(58-25-11-9-12-26-58)65-42-44-71-79(51-73(59-27-13-10-14-28-59)66-41-43-70(78)80(65)81(66)71)86(75-46-40-53(4)48-55(75)6)77-38-22-36-69-68-35-20-34-67(83(68)88-84(69)77)63-32-18-16-24-57(63)8-2/h15-24,29-51,58-59,87H,7-14,25-28H2,1-6H3. The van der Waals surface area contributed by atoms with Crippen LogP contribution in [0.5, 0.6) is 5.75 Å². The van der Waals surface area contributed by atoms with Crippen molar-refractivity contribution in [2.75, 3.05) is 9.80 Å². The highest BCUT2D eigenvalue weighted by atomic mass is 16.3. The molecule has 12 aromatic carbocycles. The third kappa shape index (κ3) is 9.41. The van der Waals surface area contributed by atoms with Gasteiger partial charge in [0.2, 0.25) is 0 Å². The highest BCUT2D eigenvalue weighted by molar-refractivity contribution is 6.30. The first-order valence-electron chi connectivity index (χ1n) is 32.7. The van der Waals surface area contributed by atoms with Crippen LogP contribution in [0, 0.1) is 27.7 Å². The van der Waals surface area contributed by atoms with Crippen LogP contribution in [0.25, 0.3) is 87.6 Å². The van der Waals surface area contributed by atoms with E-state index in [1.165, 1.54) is 127 Å². The monoisotopic (exact) mass is 1150 g/mol. The molecule has 0 bridgehead atoms. The second-order valence-corrected chi connectivity index (χ2v) is 25.7. The molecule has 0 amide bonds. The summed E-state index contributed by atoms with van der Waals surface area (Å²) in [6, 6.07) is 74.9. The number of furan rings is 1. The van der Waals surface area contributed by atoms with E-state index in [-0.39, 0.29) is 5.75 Å². The maximum Gasteiger partial charge on any atom is 0.159 e. The summed E-state index contributed by atoms with van der Waals surface area (Å²) in [4.78, 5) is 4.99. The number of phenols is 1. The number of phenolic OH excluding ortho intramolecular Hbond substituents is 1. The molecule has 2 aliphatic carbocycles. The maximum absolute atomic E-state index is 13.3. The number of nitrogens with zero attached hydrogens (tertiary/aromatic N) is 2. The van der Waals surface area contributed by atoms with Crippen molar-refractivity contribution in [3.63, 3.8) is 0 Å². The van der Waals surface area contributed by atoms with Crippen molar-refractivity contribution < 1.29 is 9.52 Å². The van der Waals surface area contributed by atoms with Crippen LogP contribution in [0.2, 0.25) is 0 Å². The summed E-state index contributed by atoms with van der Waals surface area (Å²) in [6.45, 7) is 13.4. The Balaban J connectivity index is 1.03. The van der Waals surface area contributed by atoms with Gasteiger partial charge in [0.15, 0.2) is 5.58 Å². The van der Waals surface area contributed by atoms with E-state index in [0.717, 1.165) is 117 Å². The smallest absolute Gasteiger partial charge is 0.159 e. The van der Waals surface area contributed by atoms with Gasteiger partial charge in [0, 0.05) is 44.0 Å². The number of anilines is 6. The molecule has 4 nitrogen and oxygen atoms in total. The lowest BCUT2D eigenvalue weighted by Gasteiger charge is -2.34. The minimum atomic E-state index is 0.265. The molecule has 1 heterocycles. The molecule has 0 unspecified atom stereocenters. The minimum absolute atomic E-state index is 0.265. The van der Waals surface area contributed by atoms with Crippen molar-refractivity contribution in [3.8, 4) is 39.1 Å². The Bertz CT molecular complexity index is 4820. The first kappa shape index (κ1) is 55.5. The number of para-hydroxylation sites is 3. The molecule has 15 rings (SSSR count). The molecule has 4 heteroatoms. The van der Waals surface area contributed by atoms with Gasteiger partial charge < -0.3 is 19.3 Å². The molecule has 0 radical (unpaired) electrons. The second kappa shape index (κ2) is 22.9. The molecular formula is C84H78N2O2. The maximum atomic E-state index is 13.3. The van der Waals surface area contributed by atoms with E-state index < -0.39 is 0 Å². The van der Waals surface area contributed by atoms with Gasteiger partial charge >= 0.3 is 0 Å². The molecule has 1 aromatic heterocycles. The molecule has 2 fully saturated rings. The fourth-order valence-electron chi connectivity index (χ4n) is 16.0. The average Bonchev–Trinajstić information content (AvgIpc) is 0.780. The van der Waals surface area contributed by atoms with Gasteiger partial charge in [-0.1, -0.05) is 221 Å². The number of aryl methyl sites for hydroxylation is 6. The Morgan fingerprint density at radius 2 is 0.818 bits per heavy atom. The van der Waals surface area contributed by atoms with Crippen molar-refractivity contribution in [1.29, 1.82) is 0 Å². The quantitative estimate of drug-likeness (QED) is 0.117. The largest absolute Gasteiger partial charge is 0.505 e. The third-order valence-electron chi connectivity index (χ3n) is 20.2. The molecule has 88 heavy (non-hydrogen) atoms. The number of fused-ring (bicyclic) bond motifs is 3. The molecule has 436 valence electrons. The predicted molar refractivity (Wildman–Crippen MR) is 374 cm³/mol. The molecule has 2 aliphatic rings. The van der Waals surface area contributed by atoms with E-state index in [4.69, 9.17) is 4.42 Å². The van der Waals surface area contributed by atoms with Gasteiger partial charge in [0.05, 0.1) is 22.7 Å². The summed E-state index contributed by atoms with van der Waals surface area (Å²) in [5.41, 5.74) is 24.8. The molecule has 1 N–H and O–H groups in total. The Morgan fingerprint density at radius 3 is 1.40 bits per heavy atom. The van der Waals surface area contributed by atoms with Gasteiger partial charge in [0.25, 0.3) is 0 Å². The lowest BCUT2D eigenvalue weighted by atomic mass is 9.77. The van der Waals surface area contributed by atoms with Crippen LogP contribution in [0.15, 0.2) is 205 Å². The summed E-state index contributed by atoms with van der Waals surface area (Å²) >= 11 is 0. The van der Waals surface area contributed by atoms with E-state index in [1.54, 1.807) is 0 Å². The molecule has 0 aliphatic heterocycles. The van der Waals surface area contributed by atoms with Gasteiger partial charge in [-0.05, 0) is 198 Å². The number of aromatic hydroxyl groups is 1. The summed E-state index contributed by atoms with van der Waals surface area (Å²) in [6.07, 6.45) is 13.9. The number of benzene rings is 12. The Morgan fingerprint density at radius 1 is 0.364 bits per heavy atom. The highest BCUT2D eigenvalue weighted by Crippen LogP contribution is 2.56. The fraction of sp³-hybridized carbons (Fsp3) is 0.238. The van der Waals surface area contributed by atoms with Crippen LogP contribution >= 0.6 is 0 Å². The van der Waals surface area contributed by atoms with Crippen molar-refractivity contribution in [3.05, 3.63) is 245 Å². The SMILES string of the molecule is CCc1ccccc1-c1cccc(-c2cccc(N(c3ccc(C)cc3C)c3cc(C4CCCCC4)c4ccc5c(N(c6ccc(C)cc6C)c6cccc7c6oc6c(-c8ccccc8CC)cccc67)cc(C6CCCCC6)c6ccc3c4c65)c2O)c1. The normalized spacial score (nSPS) is 14.3. The van der Waals surface area contributed by atoms with Crippen molar-refractivity contribution >= 4 is 88.4 Å². The van der Waals surface area contributed by atoms with Gasteiger partial charge in [-0.25, -0.2) is 0 Å². The first-order chi connectivity index (χ1) is 43.1. The molecule has 0 atom stereocenters. The highest BCUT2D eigenvalue weighted by Gasteiger charge is 2.32. The van der Waals surface area contributed by atoms with Crippen molar-refractivity contribution in [1.82, 2.24) is 0 Å². The van der Waals surface area contributed by atoms with Gasteiger partial charge in [0.1, 0.15) is 11.3 Å². The third-order valence-corrected chi connectivity index (χ3v) is 20.2. The lowest BCUT2D eigenvalue weighted by molar-refractivity contribution is 0.445. The van der Waals surface area contributed by atoms with E-state index in [0.29, 0.717) is 11.8 Å². The number of hydrogen-bond donors (Lipinski definition) is 1. The molecular weight excluding hydrogens is 1070 g/mol. The van der Waals surface area contributed by atoms with Crippen LogP contribution in [0.3, 0.4) is 0 Å². The van der Waals surface area contributed by atoms with Crippen LogP contribution in [-0.2, 0) is 12.8 Å². The first-order valence-corrected chi connectivity index (χ1v) is 32.7. The van der Waals surface area contributed by atoms with Gasteiger partial charge in [-0.2, -0.15) is 0 Å². The predicted octanol–water partition coefficient (Wildman–Crippen LogP) is 24.6. The molecule has 0 saturated heterocycles. The molecule has 13 aromatic rings. The van der Waals surface area contributed by atoms with Gasteiger partial charge in [-0.3, -0.25) is 0 Å². The molecule has 2 saturated carbocycles. The zero-order chi connectivity index (χ0) is 59.7. The number of hydrogen-bond acceptors (Lipinski definition) is 4. The lowest BCUT2D eigenvalue weighted by Crippen LogP contribution is -2.15. The van der Waals surface area contributed by atoms with E-state index in [1.807, 2.05) is 0 Å². The van der Waals surface area contributed by atoms with Crippen molar-refractivity contribution in [2.45, 2.75) is 130 Å². The van der Waals surface area contributed by atoms with Crippen LogP contribution < -0.4 is 9.80 Å².